The van der Waals surface area contributed by atoms with Gasteiger partial charge in [-0.25, -0.2) is 4.79 Å². The third-order valence-corrected chi connectivity index (χ3v) is 4.06. The van der Waals surface area contributed by atoms with E-state index in [4.69, 9.17) is 4.74 Å². The summed E-state index contributed by atoms with van der Waals surface area (Å²) >= 11 is 0. The molecule has 1 unspecified atom stereocenters. The Morgan fingerprint density at radius 3 is 2.57 bits per heavy atom. The lowest BCUT2D eigenvalue weighted by Crippen LogP contribution is -2.41. The van der Waals surface area contributed by atoms with Gasteiger partial charge in [0.2, 0.25) is 0 Å². The van der Waals surface area contributed by atoms with Crippen LogP contribution in [0.15, 0.2) is 48.5 Å². The Kier molecular flexibility index (Phi) is 3.29. The molecule has 1 aliphatic rings. The van der Waals surface area contributed by atoms with E-state index < -0.39 is 11.5 Å². The van der Waals surface area contributed by atoms with E-state index in [1.807, 2.05) is 48.5 Å². The van der Waals surface area contributed by atoms with E-state index >= 15 is 0 Å². The Balaban J connectivity index is 1.98. The summed E-state index contributed by atoms with van der Waals surface area (Å²) < 4.78 is 5.12. The zero-order valence-electron chi connectivity index (χ0n) is 11.8. The Bertz CT molecular complexity index is 666. The van der Waals surface area contributed by atoms with Crippen LogP contribution in [0.3, 0.4) is 0 Å². The Labute approximate surface area is 123 Å². The Morgan fingerprint density at radius 1 is 1.19 bits per heavy atom. The first-order valence-electron chi connectivity index (χ1n) is 6.90. The normalized spacial score (nSPS) is 19.9. The van der Waals surface area contributed by atoms with Crippen molar-refractivity contribution in [1.82, 2.24) is 0 Å². The van der Waals surface area contributed by atoms with Crippen LogP contribution in [0, 0.1) is 0 Å². The van der Waals surface area contributed by atoms with Gasteiger partial charge in [0.25, 0.3) is 0 Å². The number of hydrogen-bond donors (Lipinski definition) is 2. The number of hydrogen-bond acceptors (Lipinski definition) is 3. The predicted octanol–water partition coefficient (Wildman–Crippen LogP) is 3.03. The first-order valence-corrected chi connectivity index (χ1v) is 6.90. The van der Waals surface area contributed by atoms with Gasteiger partial charge in [-0.15, -0.1) is 0 Å². The van der Waals surface area contributed by atoms with E-state index in [1.165, 1.54) is 0 Å². The zero-order valence-corrected chi connectivity index (χ0v) is 11.8. The lowest BCUT2D eigenvalue weighted by molar-refractivity contribution is -0.142. The van der Waals surface area contributed by atoms with Crippen LogP contribution in [0.1, 0.15) is 17.5 Å². The zero-order chi connectivity index (χ0) is 14.9. The Morgan fingerprint density at radius 2 is 1.90 bits per heavy atom. The maximum Gasteiger partial charge on any atom is 0.334 e. The molecule has 0 saturated heterocycles. The molecule has 0 amide bonds. The van der Waals surface area contributed by atoms with Gasteiger partial charge in [0.1, 0.15) is 5.75 Å². The lowest BCUT2D eigenvalue weighted by Gasteiger charge is -2.28. The van der Waals surface area contributed by atoms with E-state index in [0.29, 0.717) is 6.42 Å². The molecule has 4 nitrogen and oxygen atoms in total. The molecule has 4 heteroatoms. The summed E-state index contributed by atoms with van der Waals surface area (Å²) in [6.45, 7) is 0. The summed E-state index contributed by atoms with van der Waals surface area (Å²) in [5.74, 6) is -0.0972. The number of anilines is 1. The molecule has 0 bridgehead atoms. The molecule has 2 aromatic carbocycles. The van der Waals surface area contributed by atoms with Gasteiger partial charge in [-0.3, -0.25) is 0 Å². The summed E-state index contributed by atoms with van der Waals surface area (Å²) in [5, 5.41) is 13.0. The smallest absolute Gasteiger partial charge is 0.334 e. The molecule has 1 atom stereocenters. The van der Waals surface area contributed by atoms with Crippen molar-refractivity contribution in [1.29, 1.82) is 0 Å². The predicted molar refractivity (Wildman–Crippen MR) is 80.7 cm³/mol. The highest BCUT2D eigenvalue weighted by molar-refractivity contribution is 5.86. The summed E-state index contributed by atoms with van der Waals surface area (Å²) in [6.07, 6.45) is 1.32. The average Bonchev–Trinajstić information content (AvgIpc) is 2.88. The molecular formula is C17H17NO3. The topological polar surface area (TPSA) is 58.6 Å². The minimum absolute atomic E-state index is 0.549. The molecule has 3 rings (SSSR count). The van der Waals surface area contributed by atoms with Gasteiger partial charge < -0.3 is 15.2 Å². The van der Waals surface area contributed by atoms with Crippen molar-refractivity contribution in [3.63, 3.8) is 0 Å². The fourth-order valence-electron chi connectivity index (χ4n) is 2.94. The van der Waals surface area contributed by atoms with E-state index in [0.717, 1.165) is 29.0 Å². The van der Waals surface area contributed by atoms with Crippen LogP contribution in [0.4, 0.5) is 5.69 Å². The second kappa shape index (κ2) is 5.13. The molecule has 2 aromatic rings. The molecule has 1 aliphatic carbocycles. The third kappa shape index (κ3) is 2.23. The summed E-state index contributed by atoms with van der Waals surface area (Å²) in [6, 6.07) is 15.0. The molecular weight excluding hydrogens is 266 g/mol. The molecule has 0 aliphatic heterocycles. The molecule has 21 heavy (non-hydrogen) atoms. The molecule has 0 radical (unpaired) electrons. The largest absolute Gasteiger partial charge is 0.497 e. The quantitative estimate of drug-likeness (QED) is 0.905. The number of carbonyl (C=O) groups is 1. The molecule has 0 saturated carbocycles. The average molecular weight is 283 g/mol. The van der Waals surface area contributed by atoms with Crippen LogP contribution in [0.2, 0.25) is 0 Å². The van der Waals surface area contributed by atoms with Crippen LogP contribution in [-0.4, -0.2) is 18.2 Å². The van der Waals surface area contributed by atoms with Crippen molar-refractivity contribution in [3.05, 3.63) is 59.7 Å². The first-order chi connectivity index (χ1) is 10.2. The highest BCUT2D eigenvalue weighted by Crippen LogP contribution is 2.40. The maximum absolute atomic E-state index is 11.9. The number of carboxylic acids is 1. The number of carboxylic acid groups (broad SMARTS) is 1. The minimum atomic E-state index is -1.05. The summed E-state index contributed by atoms with van der Waals surface area (Å²) in [4.78, 5) is 11.9. The Hall–Kier alpha value is -2.49. The highest BCUT2D eigenvalue weighted by Gasteiger charge is 2.45. The van der Waals surface area contributed by atoms with Gasteiger partial charge in [-0.1, -0.05) is 24.3 Å². The van der Waals surface area contributed by atoms with Crippen LogP contribution < -0.4 is 10.1 Å². The molecule has 0 aromatic heterocycles. The highest BCUT2D eigenvalue weighted by atomic mass is 16.5. The monoisotopic (exact) mass is 283 g/mol. The van der Waals surface area contributed by atoms with E-state index in [9.17, 15) is 9.90 Å². The number of ether oxygens (including phenoxy) is 1. The van der Waals surface area contributed by atoms with Crippen molar-refractivity contribution in [3.8, 4) is 5.75 Å². The molecule has 108 valence electrons. The van der Waals surface area contributed by atoms with Crippen molar-refractivity contribution in [2.24, 2.45) is 0 Å². The summed E-state index contributed by atoms with van der Waals surface area (Å²) in [7, 11) is 1.61. The fraction of sp³-hybridized carbons (Fsp3) is 0.235. The fourth-order valence-corrected chi connectivity index (χ4v) is 2.94. The van der Waals surface area contributed by atoms with Gasteiger partial charge in [-0.05, 0) is 48.2 Å². The molecule has 0 heterocycles. The number of aliphatic carboxylic acids is 1. The van der Waals surface area contributed by atoms with Gasteiger partial charge >= 0.3 is 5.97 Å². The molecule has 2 N–H and O–H groups in total. The van der Waals surface area contributed by atoms with Crippen LogP contribution in [-0.2, 0) is 16.8 Å². The second-order valence-electron chi connectivity index (χ2n) is 5.22. The molecule has 0 fully saturated rings. The van der Waals surface area contributed by atoms with Crippen molar-refractivity contribution < 1.29 is 14.6 Å². The second-order valence-corrected chi connectivity index (χ2v) is 5.22. The SMILES string of the molecule is COc1ccc(NC2(C(=O)O)CCc3ccccc32)cc1. The standard InChI is InChI=1S/C17H17NO3/c1-21-14-8-6-13(7-9-14)18-17(16(19)20)11-10-12-4-2-3-5-15(12)17/h2-9,18H,10-11H2,1H3,(H,19,20). The lowest BCUT2D eigenvalue weighted by atomic mass is 9.91. The van der Waals surface area contributed by atoms with Crippen LogP contribution >= 0.6 is 0 Å². The van der Waals surface area contributed by atoms with Gasteiger partial charge in [-0.2, -0.15) is 0 Å². The van der Waals surface area contributed by atoms with Crippen LogP contribution in [0.5, 0.6) is 5.75 Å². The number of methoxy groups -OCH3 is 1. The molecule has 0 spiro atoms. The van der Waals surface area contributed by atoms with E-state index in [-0.39, 0.29) is 0 Å². The van der Waals surface area contributed by atoms with Gasteiger partial charge in [0, 0.05) is 5.69 Å². The van der Waals surface area contributed by atoms with E-state index in [1.54, 1.807) is 7.11 Å². The van der Waals surface area contributed by atoms with Gasteiger partial charge in [0.15, 0.2) is 5.54 Å². The van der Waals surface area contributed by atoms with Crippen molar-refractivity contribution in [2.75, 3.05) is 12.4 Å². The van der Waals surface area contributed by atoms with Gasteiger partial charge in [0.05, 0.1) is 7.11 Å². The number of aryl methyl sites for hydroxylation is 1. The minimum Gasteiger partial charge on any atom is -0.497 e. The van der Waals surface area contributed by atoms with Crippen LogP contribution in [0.25, 0.3) is 0 Å². The first kappa shape index (κ1) is 13.5. The number of benzene rings is 2. The number of nitrogens with one attached hydrogen (secondary N) is 1. The van der Waals surface area contributed by atoms with Crippen molar-refractivity contribution in [2.45, 2.75) is 18.4 Å². The summed E-state index contributed by atoms with van der Waals surface area (Å²) in [5.41, 5.74) is 1.68. The third-order valence-electron chi connectivity index (χ3n) is 4.06. The van der Waals surface area contributed by atoms with E-state index in [2.05, 4.69) is 5.32 Å². The van der Waals surface area contributed by atoms with Crippen molar-refractivity contribution >= 4 is 11.7 Å². The number of fused-ring (bicyclic) bond motifs is 1. The number of rotatable bonds is 4. The maximum atomic E-state index is 11.9.